The minimum Gasteiger partial charge on any atom is -0.346 e. The van der Waals surface area contributed by atoms with Crippen LogP contribution in [0.3, 0.4) is 0 Å². The molecule has 4 rings (SSSR count). The van der Waals surface area contributed by atoms with Crippen LogP contribution >= 0.6 is 0 Å². The van der Waals surface area contributed by atoms with Crippen LogP contribution in [0, 0.1) is 17.7 Å². The lowest BCUT2D eigenvalue weighted by Gasteiger charge is -2.36. The lowest BCUT2D eigenvalue weighted by molar-refractivity contribution is -0.137. The molecule has 0 unspecified atom stereocenters. The summed E-state index contributed by atoms with van der Waals surface area (Å²) in [5.74, 6) is 0.342. The van der Waals surface area contributed by atoms with Gasteiger partial charge in [-0.1, -0.05) is 25.0 Å². The predicted octanol–water partition coefficient (Wildman–Crippen LogP) is 3.36. The van der Waals surface area contributed by atoms with Gasteiger partial charge in [-0.25, -0.2) is 4.39 Å². The lowest BCUT2D eigenvalue weighted by Crippen LogP contribution is -2.49. The van der Waals surface area contributed by atoms with Crippen molar-refractivity contribution in [3.05, 3.63) is 35.6 Å². The average molecular weight is 358 g/mol. The number of amides is 2. The first-order valence-corrected chi connectivity index (χ1v) is 9.94. The number of likely N-dealkylation sites (tertiary alicyclic amines) is 1. The molecular formula is C21H27FN2O2. The first kappa shape index (κ1) is 17.5. The van der Waals surface area contributed by atoms with Gasteiger partial charge < -0.3 is 10.2 Å². The van der Waals surface area contributed by atoms with Gasteiger partial charge >= 0.3 is 0 Å². The molecule has 1 aliphatic heterocycles. The van der Waals surface area contributed by atoms with Crippen LogP contribution in [-0.4, -0.2) is 29.8 Å². The molecule has 1 N–H and O–H groups in total. The van der Waals surface area contributed by atoms with Crippen LogP contribution < -0.4 is 5.32 Å². The summed E-state index contributed by atoms with van der Waals surface area (Å²) >= 11 is 0. The molecule has 4 nitrogen and oxygen atoms in total. The number of hydrogen-bond acceptors (Lipinski definition) is 2. The lowest BCUT2D eigenvalue weighted by atomic mass is 9.86. The van der Waals surface area contributed by atoms with E-state index in [4.69, 9.17) is 0 Å². The third kappa shape index (κ3) is 3.49. The first-order chi connectivity index (χ1) is 12.6. The monoisotopic (exact) mass is 358 g/mol. The van der Waals surface area contributed by atoms with Crippen LogP contribution in [0.15, 0.2) is 24.3 Å². The zero-order chi connectivity index (χ0) is 18.1. The number of nitrogens with one attached hydrogen (secondary N) is 1. The average Bonchev–Trinajstić information content (AvgIpc) is 3.41. The Hall–Kier alpha value is -1.91. The quantitative estimate of drug-likeness (QED) is 0.897. The number of carbonyl (C=O) groups excluding carboxylic acids is 2. The number of benzene rings is 1. The van der Waals surface area contributed by atoms with E-state index < -0.39 is 0 Å². The fraction of sp³-hybridized carbons (Fsp3) is 0.619. The van der Waals surface area contributed by atoms with Crippen molar-refractivity contribution in [2.45, 2.75) is 56.9 Å². The Morgan fingerprint density at radius 1 is 0.962 bits per heavy atom. The van der Waals surface area contributed by atoms with Gasteiger partial charge in [0.1, 0.15) is 5.82 Å². The van der Waals surface area contributed by atoms with Crippen LogP contribution in [0.5, 0.6) is 0 Å². The molecule has 140 valence electrons. The van der Waals surface area contributed by atoms with Crippen LogP contribution in [0.2, 0.25) is 0 Å². The Labute approximate surface area is 154 Å². The first-order valence-electron chi connectivity index (χ1n) is 9.94. The van der Waals surface area contributed by atoms with Gasteiger partial charge in [0, 0.05) is 24.9 Å². The maximum Gasteiger partial charge on any atom is 0.225 e. The van der Waals surface area contributed by atoms with Gasteiger partial charge in [0.15, 0.2) is 0 Å². The van der Waals surface area contributed by atoms with Crippen molar-refractivity contribution in [2.75, 3.05) is 13.1 Å². The summed E-state index contributed by atoms with van der Waals surface area (Å²) < 4.78 is 13.3. The largest absolute Gasteiger partial charge is 0.346 e. The minimum absolute atomic E-state index is 0.0313. The smallest absolute Gasteiger partial charge is 0.225 e. The van der Waals surface area contributed by atoms with Gasteiger partial charge in [-0.15, -0.1) is 0 Å². The SMILES string of the molecule is O=C(NC1(c2ccc(F)cc2)CCCC1)C1CCN(C(=O)C2CC2)CC1. The van der Waals surface area contributed by atoms with Gasteiger partial charge in [0.05, 0.1) is 5.54 Å². The maximum atomic E-state index is 13.3. The van der Waals surface area contributed by atoms with Gasteiger partial charge in [0.25, 0.3) is 0 Å². The van der Waals surface area contributed by atoms with Crippen molar-refractivity contribution in [2.24, 2.45) is 11.8 Å². The number of carbonyl (C=O) groups is 2. The molecule has 2 aliphatic carbocycles. The van der Waals surface area contributed by atoms with E-state index in [1.165, 1.54) is 12.1 Å². The molecule has 0 atom stereocenters. The molecule has 1 aromatic carbocycles. The third-order valence-corrected chi connectivity index (χ3v) is 6.32. The van der Waals surface area contributed by atoms with Crippen LogP contribution in [0.25, 0.3) is 0 Å². The molecular weight excluding hydrogens is 331 g/mol. The van der Waals surface area contributed by atoms with E-state index in [2.05, 4.69) is 5.32 Å². The molecule has 26 heavy (non-hydrogen) atoms. The van der Waals surface area contributed by atoms with Gasteiger partial charge in [-0.2, -0.15) is 0 Å². The Bertz CT molecular complexity index is 670. The van der Waals surface area contributed by atoms with E-state index in [0.717, 1.165) is 56.9 Å². The number of piperidine rings is 1. The van der Waals surface area contributed by atoms with Crippen molar-refractivity contribution < 1.29 is 14.0 Å². The maximum absolute atomic E-state index is 13.3. The van der Waals surface area contributed by atoms with Crippen molar-refractivity contribution >= 4 is 11.8 Å². The number of halogens is 1. The highest BCUT2D eigenvalue weighted by Crippen LogP contribution is 2.39. The third-order valence-electron chi connectivity index (χ3n) is 6.32. The van der Waals surface area contributed by atoms with Gasteiger partial charge in [-0.05, 0) is 56.2 Å². The molecule has 0 spiro atoms. The van der Waals surface area contributed by atoms with E-state index in [1.54, 1.807) is 12.1 Å². The molecule has 0 bridgehead atoms. The summed E-state index contributed by atoms with van der Waals surface area (Å²) in [5.41, 5.74) is 0.650. The summed E-state index contributed by atoms with van der Waals surface area (Å²) in [5, 5.41) is 3.31. The molecule has 2 saturated carbocycles. The van der Waals surface area contributed by atoms with E-state index in [9.17, 15) is 14.0 Å². The minimum atomic E-state index is -0.355. The molecule has 3 fully saturated rings. The molecule has 5 heteroatoms. The zero-order valence-corrected chi connectivity index (χ0v) is 15.2. The van der Waals surface area contributed by atoms with E-state index in [-0.39, 0.29) is 35.0 Å². The second-order valence-electron chi connectivity index (χ2n) is 8.16. The second kappa shape index (κ2) is 7.01. The molecule has 2 amide bonds. The number of hydrogen-bond donors (Lipinski definition) is 1. The van der Waals surface area contributed by atoms with E-state index in [0.29, 0.717) is 13.1 Å². The standard InChI is InChI=1S/C21H27FN2O2/c22-18-7-5-17(6-8-18)21(11-1-2-12-21)23-19(25)15-9-13-24(14-10-15)20(26)16-3-4-16/h5-8,15-16H,1-4,9-14H2,(H,23,25). The van der Waals surface area contributed by atoms with Crippen molar-refractivity contribution in [3.63, 3.8) is 0 Å². The molecule has 0 aromatic heterocycles. The highest BCUT2D eigenvalue weighted by molar-refractivity contribution is 5.82. The summed E-state index contributed by atoms with van der Waals surface area (Å²) in [6, 6.07) is 6.56. The van der Waals surface area contributed by atoms with Crippen molar-refractivity contribution in [3.8, 4) is 0 Å². The van der Waals surface area contributed by atoms with E-state index in [1.807, 2.05) is 4.90 Å². The van der Waals surface area contributed by atoms with Crippen molar-refractivity contribution in [1.82, 2.24) is 10.2 Å². The summed E-state index contributed by atoms with van der Waals surface area (Å²) in [4.78, 5) is 27.0. The fourth-order valence-corrected chi connectivity index (χ4v) is 4.52. The highest BCUT2D eigenvalue weighted by Gasteiger charge is 2.40. The molecule has 1 heterocycles. The van der Waals surface area contributed by atoms with Crippen LogP contribution in [0.1, 0.15) is 56.9 Å². The number of rotatable bonds is 4. The normalized spacial score (nSPS) is 23.0. The van der Waals surface area contributed by atoms with Crippen LogP contribution in [0.4, 0.5) is 4.39 Å². The Morgan fingerprint density at radius 3 is 2.15 bits per heavy atom. The molecule has 0 radical (unpaired) electrons. The predicted molar refractivity (Wildman–Crippen MR) is 96.7 cm³/mol. The Kier molecular flexibility index (Phi) is 4.72. The van der Waals surface area contributed by atoms with E-state index >= 15 is 0 Å². The highest BCUT2D eigenvalue weighted by atomic mass is 19.1. The molecule has 1 saturated heterocycles. The summed E-state index contributed by atoms with van der Waals surface area (Å²) in [6.07, 6.45) is 7.50. The topological polar surface area (TPSA) is 49.4 Å². The molecule has 1 aromatic rings. The fourth-order valence-electron chi connectivity index (χ4n) is 4.52. The van der Waals surface area contributed by atoms with Gasteiger partial charge in [0.2, 0.25) is 11.8 Å². The zero-order valence-electron chi connectivity index (χ0n) is 15.2. The van der Waals surface area contributed by atoms with Gasteiger partial charge in [-0.3, -0.25) is 9.59 Å². The van der Waals surface area contributed by atoms with Crippen molar-refractivity contribution in [1.29, 1.82) is 0 Å². The number of nitrogens with zero attached hydrogens (tertiary/aromatic N) is 1. The Balaban J connectivity index is 1.39. The van der Waals surface area contributed by atoms with Crippen LogP contribution in [-0.2, 0) is 15.1 Å². The Morgan fingerprint density at radius 2 is 1.58 bits per heavy atom. The summed E-state index contributed by atoms with van der Waals surface area (Å²) in [7, 11) is 0. The summed E-state index contributed by atoms with van der Waals surface area (Å²) in [6.45, 7) is 1.38. The molecule has 3 aliphatic rings. The second-order valence-corrected chi connectivity index (χ2v) is 8.16.